The smallest absolute Gasteiger partial charge is 0.268 e. The fourth-order valence-electron chi connectivity index (χ4n) is 3.25. The van der Waals surface area contributed by atoms with Crippen LogP contribution in [-0.2, 0) is 13.1 Å². The van der Waals surface area contributed by atoms with Gasteiger partial charge in [0.2, 0.25) is 0 Å². The molecule has 0 bridgehead atoms. The lowest BCUT2D eigenvalue weighted by Crippen LogP contribution is -2.23. The monoisotopic (exact) mass is 450 g/mol. The summed E-state index contributed by atoms with van der Waals surface area (Å²) in [5, 5.41) is 4.55. The summed E-state index contributed by atoms with van der Waals surface area (Å²) >= 11 is 12.5. The number of aryl methyl sites for hydroxylation is 1. The van der Waals surface area contributed by atoms with Gasteiger partial charge >= 0.3 is 0 Å². The van der Waals surface area contributed by atoms with Crippen molar-refractivity contribution in [3.05, 3.63) is 110 Å². The number of rotatable bonds is 6. The molecule has 2 heterocycles. The lowest BCUT2D eigenvalue weighted by molar-refractivity contribution is 1.01. The molecule has 0 aliphatic rings. The van der Waals surface area contributed by atoms with Crippen molar-refractivity contribution in [1.29, 1.82) is 0 Å². The Labute approximate surface area is 190 Å². The van der Waals surface area contributed by atoms with Crippen LogP contribution in [0.1, 0.15) is 22.3 Å². The molecule has 0 aliphatic heterocycles. The second kappa shape index (κ2) is 9.33. The summed E-state index contributed by atoms with van der Waals surface area (Å²) in [6.45, 7) is 2.71. The van der Waals surface area contributed by atoms with Crippen LogP contribution >= 0.6 is 23.2 Å². The van der Waals surface area contributed by atoms with Crippen molar-refractivity contribution >= 4 is 40.9 Å². The Morgan fingerprint density at radius 2 is 1.68 bits per heavy atom. The first kappa shape index (κ1) is 21.1. The lowest BCUT2D eigenvalue weighted by Gasteiger charge is -2.12. The molecule has 2 aromatic carbocycles. The minimum atomic E-state index is -0.196. The highest BCUT2D eigenvalue weighted by Gasteiger charge is 2.13. The number of nitrogens with one attached hydrogen (secondary N) is 1. The lowest BCUT2D eigenvalue weighted by atomic mass is 10.2. The number of hydrogen-bond acceptors (Lipinski definition) is 4. The van der Waals surface area contributed by atoms with Crippen molar-refractivity contribution < 1.29 is 0 Å². The minimum Gasteiger partial charge on any atom is -0.365 e. The Hall–Kier alpha value is -3.15. The van der Waals surface area contributed by atoms with E-state index in [1.807, 2.05) is 67.6 Å². The molecule has 7 heteroatoms. The summed E-state index contributed by atoms with van der Waals surface area (Å²) in [6.07, 6.45) is 3.27. The third-order valence-corrected chi connectivity index (χ3v) is 5.67. The van der Waals surface area contributed by atoms with Gasteiger partial charge in [0.15, 0.2) is 0 Å². The maximum absolute atomic E-state index is 13.2. The second-order valence-corrected chi connectivity index (χ2v) is 7.88. The highest BCUT2D eigenvalue weighted by Crippen LogP contribution is 2.19. The summed E-state index contributed by atoms with van der Waals surface area (Å²) in [4.78, 5) is 22.4. The Morgan fingerprint density at radius 1 is 1.00 bits per heavy atom. The van der Waals surface area contributed by atoms with Crippen LogP contribution < -0.4 is 10.9 Å². The molecule has 0 saturated carbocycles. The van der Waals surface area contributed by atoms with Crippen LogP contribution in [0.4, 0.5) is 5.82 Å². The molecule has 0 radical (unpaired) electrons. The summed E-state index contributed by atoms with van der Waals surface area (Å²) in [7, 11) is 0. The first-order valence-electron chi connectivity index (χ1n) is 9.77. The predicted octanol–water partition coefficient (Wildman–Crippen LogP) is 5.54. The summed E-state index contributed by atoms with van der Waals surface area (Å²) < 4.78 is 1.53. The van der Waals surface area contributed by atoms with Crippen LogP contribution in [0.5, 0.6) is 0 Å². The molecular formula is C24H20Cl2N4O. The first-order valence-corrected chi connectivity index (χ1v) is 10.5. The molecular weight excluding hydrogens is 431 g/mol. The Kier molecular flexibility index (Phi) is 6.35. The number of nitrogens with zero attached hydrogens (tertiary/aromatic N) is 3. The molecule has 0 spiro atoms. The minimum absolute atomic E-state index is 0.196. The fourth-order valence-corrected chi connectivity index (χ4v) is 3.64. The van der Waals surface area contributed by atoms with Crippen LogP contribution in [0.3, 0.4) is 0 Å². The van der Waals surface area contributed by atoms with E-state index in [0.29, 0.717) is 40.2 Å². The molecule has 156 valence electrons. The zero-order valence-corrected chi connectivity index (χ0v) is 18.4. The van der Waals surface area contributed by atoms with Crippen LogP contribution in [0.15, 0.2) is 76.6 Å². The summed E-state index contributed by atoms with van der Waals surface area (Å²) in [5.41, 5.74) is 3.48. The molecule has 1 N–H and O–H groups in total. The summed E-state index contributed by atoms with van der Waals surface area (Å²) in [6, 6.07) is 18.8. The maximum Gasteiger partial charge on any atom is 0.268 e. The second-order valence-electron chi connectivity index (χ2n) is 7.07. The number of anilines is 1. The first-order chi connectivity index (χ1) is 15.0. The van der Waals surface area contributed by atoms with E-state index in [4.69, 9.17) is 28.2 Å². The molecule has 4 aromatic rings. The van der Waals surface area contributed by atoms with Crippen LogP contribution in [0, 0.1) is 6.92 Å². The SMILES string of the molecule is Cc1cccn2c(=O)c(C=NCc3ccccc3Cl)c(NCc3ccccc3Cl)nc12. The highest BCUT2D eigenvalue weighted by molar-refractivity contribution is 6.31. The van der Waals surface area contributed by atoms with Gasteiger partial charge in [0, 0.05) is 29.0 Å². The van der Waals surface area contributed by atoms with E-state index in [1.54, 1.807) is 12.4 Å². The van der Waals surface area contributed by atoms with Crippen molar-refractivity contribution in [2.75, 3.05) is 5.32 Å². The van der Waals surface area contributed by atoms with E-state index in [2.05, 4.69) is 10.3 Å². The van der Waals surface area contributed by atoms with Gasteiger partial charge in [-0.1, -0.05) is 65.7 Å². The van der Waals surface area contributed by atoms with Crippen LogP contribution in [0.2, 0.25) is 10.0 Å². The number of aliphatic imine (C=N–C) groups is 1. The Morgan fingerprint density at radius 3 is 2.39 bits per heavy atom. The van der Waals surface area contributed by atoms with Gasteiger partial charge in [0.05, 0.1) is 6.54 Å². The van der Waals surface area contributed by atoms with E-state index >= 15 is 0 Å². The topological polar surface area (TPSA) is 58.8 Å². The number of aromatic nitrogens is 2. The van der Waals surface area contributed by atoms with E-state index in [-0.39, 0.29) is 5.56 Å². The molecule has 5 nitrogen and oxygen atoms in total. The average Bonchev–Trinajstić information content (AvgIpc) is 2.77. The van der Waals surface area contributed by atoms with Gasteiger partial charge in [0.1, 0.15) is 17.0 Å². The maximum atomic E-state index is 13.2. The van der Waals surface area contributed by atoms with Gasteiger partial charge < -0.3 is 5.32 Å². The molecule has 0 unspecified atom stereocenters. The van der Waals surface area contributed by atoms with Gasteiger partial charge in [-0.25, -0.2) is 4.98 Å². The third-order valence-electron chi connectivity index (χ3n) is 4.93. The largest absolute Gasteiger partial charge is 0.365 e. The van der Waals surface area contributed by atoms with Gasteiger partial charge in [-0.2, -0.15) is 0 Å². The van der Waals surface area contributed by atoms with Gasteiger partial charge in [-0.15, -0.1) is 0 Å². The predicted molar refractivity (Wildman–Crippen MR) is 128 cm³/mol. The highest BCUT2D eigenvalue weighted by atomic mass is 35.5. The van der Waals surface area contributed by atoms with E-state index in [1.165, 1.54) is 4.40 Å². The molecule has 0 atom stereocenters. The van der Waals surface area contributed by atoms with Crippen LogP contribution in [-0.4, -0.2) is 15.6 Å². The zero-order chi connectivity index (χ0) is 21.8. The molecule has 0 amide bonds. The number of pyridine rings is 1. The van der Waals surface area contributed by atoms with Crippen molar-refractivity contribution in [3.8, 4) is 0 Å². The zero-order valence-electron chi connectivity index (χ0n) is 16.8. The van der Waals surface area contributed by atoms with Crippen molar-refractivity contribution in [2.24, 2.45) is 4.99 Å². The molecule has 4 rings (SSSR count). The third kappa shape index (κ3) is 4.63. The number of fused-ring (bicyclic) bond motifs is 1. The molecule has 0 aliphatic carbocycles. The quantitative estimate of drug-likeness (QED) is 0.392. The van der Waals surface area contributed by atoms with E-state index in [0.717, 1.165) is 16.7 Å². The van der Waals surface area contributed by atoms with E-state index < -0.39 is 0 Å². The van der Waals surface area contributed by atoms with Gasteiger partial charge in [-0.05, 0) is 41.8 Å². The van der Waals surface area contributed by atoms with Crippen molar-refractivity contribution in [1.82, 2.24) is 9.38 Å². The molecule has 0 fully saturated rings. The normalized spacial score (nSPS) is 11.3. The molecule has 0 saturated heterocycles. The van der Waals surface area contributed by atoms with Gasteiger partial charge in [0.25, 0.3) is 5.56 Å². The van der Waals surface area contributed by atoms with Crippen molar-refractivity contribution in [2.45, 2.75) is 20.0 Å². The van der Waals surface area contributed by atoms with Gasteiger partial charge in [-0.3, -0.25) is 14.2 Å². The van der Waals surface area contributed by atoms with E-state index in [9.17, 15) is 4.79 Å². The van der Waals surface area contributed by atoms with Crippen LogP contribution in [0.25, 0.3) is 5.65 Å². The standard InChI is InChI=1S/C24H20Cl2N4O/c1-16-7-6-12-30-23(16)29-22(28-14-18-9-3-5-11-21(18)26)19(24(30)31)15-27-13-17-8-2-4-10-20(17)25/h2-12,15,28H,13-14H2,1H3. The Bertz CT molecular complexity index is 1330. The molecule has 2 aromatic heterocycles. The number of benzene rings is 2. The number of hydrogen-bond donors (Lipinski definition) is 1. The van der Waals surface area contributed by atoms with Crippen molar-refractivity contribution in [3.63, 3.8) is 0 Å². The fraction of sp³-hybridized carbons (Fsp3) is 0.125. The number of halogens is 2. The molecule has 31 heavy (non-hydrogen) atoms. The summed E-state index contributed by atoms with van der Waals surface area (Å²) in [5.74, 6) is 0.460. The average molecular weight is 451 g/mol. The Balaban J connectivity index is 1.73.